The van der Waals surface area contributed by atoms with Crippen molar-refractivity contribution in [2.75, 3.05) is 0 Å². The molecule has 22 nitrogen and oxygen atoms in total. The summed E-state index contributed by atoms with van der Waals surface area (Å²) >= 11 is 0. The molecule has 22 heteroatoms. The molecule has 0 bridgehead atoms. The van der Waals surface area contributed by atoms with Crippen molar-refractivity contribution in [3.63, 3.8) is 0 Å². The zero-order valence-corrected chi connectivity index (χ0v) is 46.3. The standard InChI is InChI=1S/C60H66N4O18/c1-25-41-44(57(6)58(7,73)54(72)82-60(57)51(25)80-60)48(42-40-43(49(75-26(2)65)52(56(41,42)5)76-27(3)66)55(4)35(45(61)46(40)69)22-38-47(78-38)50(55)70)79-39(68)14-10-11-19-64-23-28(62-63-64)24-74-30-16-18-34-37(21-30)77-36-20-29(67)15-17-33(36)59(34)32-13-9-8-12-31(32)53(71)81-59/h8-9,12-13,15-18,20-21,23,25,35,38,40-52,67,69-70,73H,10-11,14,19,22,24,61H2,1-7H3/t25-,35+,38-,40?,41-,42+,43?,44-,45+,46+,47-,48+,49-,50-,51+,52-,55-,56+,57-,58+,59?,60-/m0/s1. The number of carbonyl (C=O) groups excluding carboxylic acids is 5. The Hall–Kier alpha value is -6.69. The molecule has 22 atom stereocenters. The van der Waals surface area contributed by atoms with Crippen molar-refractivity contribution in [1.82, 2.24) is 15.0 Å². The highest BCUT2D eigenvalue weighted by Crippen LogP contribution is 2.81. The van der Waals surface area contributed by atoms with E-state index in [0.29, 0.717) is 71.0 Å². The van der Waals surface area contributed by atoms with Crippen molar-refractivity contribution in [1.29, 1.82) is 0 Å². The normalized spacial score (nSPS) is 43.3. The predicted molar refractivity (Wildman–Crippen MR) is 278 cm³/mol. The molecule has 4 aromatic rings. The lowest BCUT2D eigenvalue weighted by atomic mass is 9.40. The highest BCUT2D eigenvalue weighted by molar-refractivity contribution is 5.97. The van der Waals surface area contributed by atoms with Gasteiger partial charge in [0.05, 0.1) is 35.5 Å². The molecule has 5 saturated carbocycles. The number of nitrogens with two attached hydrogens (primary N) is 1. The maximum atomic E-state index is 14.7. The Kier molecular flexibility index (Phi) is 11.5. The Balaban J connectivity index is 0.723. The van der Waals surface area contributed by atoms with Crippen LogP contribution >= 0.6 is 0 Å². The van der Waals surface area contributed by atoms with E-state index >= 15 is 0 Å². The van der Waals surface area contributed by atoms with E-state index in [9.17, 15) is 44.4 Å². The second-order valence-corrected chi connectivity index (χ2v) is 25.5. The summed E-state index contributed by atoms with van der Waals surface area (Å²) in [6.45, 7) is 11.6. The number of carbonyl (C=O) groups is 5. The molecular formula is C60H66N4O18. The Bertz CT molecular complexity index is 3410. The molecule has 0 amide bonds. The van der Waals surface area contributed by atoms with Gasteiger partial charge in [0.2, 0.25) is 5.79 Å². The first-order valence-electron chi connectivity index (χ1n) is 28.4. The first kappa shape index (κ1) is 53.3. The van der Waals surface area contributed by atoms with E-state index in [-0.39, 0.29) is 24.9 Å². The van der Waals surface area contributed by atoms with E-state index in [0.717, 1.165) is 0 Å². The number of aliphatic hydroxyl groups excluding tert-OH is 2. The maximum Gasteiger partial charge on any atom is 0.341 e. The smallest absolute Gasteiger partial charge is 0.341 e. The van der Waals surface area contributed by atoms with E-state index < -0.39 is 153 Å². The second kappa shape index (κ2) is 17.7. The van der Waals surface area contributed by atoms with Crippen LogP contribution in [-0.2, 0) is 71.1 Å². The molecule has 3 unspecified atom stereocenters. The minimum Gasteiger partial charge on any atom is -0.508 e. The maximum absolute atomic E-state index is 14.7. The second-order valence-electron chi connectivity index (χ2n) is 25.5. The summed E-state index contributed by atoms with van der Waals surface area (Å²) in [7, 11) is 0. The quantitative estimate of drug-likeness (QED) is 0.0611. The summed E-state index contributed by atoms with van der Waals surface area (Å²) in [5, 5.41) is 56.8. The number of epoxide rings is 2. The number of phenolic OH excluding ortho intramolecular Hbond substituents is 1. The molecule has 14 rings (SSSR count). The van der Waals surface area contributed by atoms with Gasteiger partial charge >= 0.3 is 29.8 Å². The molecular weight excluding hydrogens is 1060 g/mol. The van der Waals surface area contributed by atoms with Crippen molar-refractivity contribution in [2.45, 2.75) is 159 Å². The number of hydrogen-bond donors (Lipinski definition) is 5. The highest BCUT2D eigenvalue weighted by Gasteiger charge is 2.93. The van der Waals surface area contributed by atoms with Gasteiger partial charge < -0.3 is 68.8 Å². The van der Waals surface area contributed by atoms with Gasteiger partial charge in [0.15, 0.2) is 11.2 Å². The number of aliphatic hydroxyl groups is 3. The summed E-state index contributed by atoms with van der Waals surface area (Å²) in [5.41, 5.74) is 2.24. The summed E-state index contributed by atoms with van der Waals surface area (Å²) in [5.74, 6) is -9.44. The van der Waals surface area contributed by atoms with Crippen molar-refractivity contribution in [3.05, 3.63) is 94.8 Å². The fourth-order valence-electron chi connectivity index (χ4n) is 18.1. The fourth-order valence-corrected chi connectivity index (χ4v) is 18.1. The SMILES string of the molecule is CC(=O)O[C@H]1C2C([C@@H](O)[C@H](N)[C@H]3C[C@@H]4O[C@@H]4[C@H](O)[C@]23C)[C@@H]2[C@@H](OC(=O)CCCCn3cc(COc4ccc5c(c4)Oc4cc(O)ccc4C54OC(=O)c5ccccc54)nn3)[C@@H]3[C@H]([C@H](C)[C@H]4O[C@]45OC(=O)[C@@](C)(O)[C@]35C)[C@@]2(C)[C@H]1OC(C)=O. The van der Waals surface area contributed by atoms with Crippen LogP contribution in [0.25, 0.3) is 0 Å². The van der Waals surface area contributed by atoms with E-state index in [1.165, 1.54) is 32.9 Å². The Morgan fingerprint density at radius 1 is 0.841 bits per heavy atom. The van der Waals surface area contributed by atoms with E-state index in [1.54, 1.807) is 54.2 Å². The summed E-state index contributed by atoms with van der Waals surface area (Å²) in [4.78, 5) is 68.9. The molecule has 434 valence electrons. The molecule has 5 aliphatic carbocycles. The number of rotatable bonds is 11. The molecule has 1 aromatic heterocycles. The number of fused-ring (bicyclic) bond motifs is 15. The number of aromatic nitrogens is 3. The Labute approximate surface area is 470 Å². The minimum absolute atomic E-state index is 0.0240. The molecule has 3 saturated heterocycles. The zero-order chi connectivity index (χ0) is 57.7. The van der Waals surface area contributed by atoms with Gasteiger partial charge in [0, 0.05) is 96.2 Å². The molecule has 6 heterocycles. The molecule has 0 radical (unpaired) electrons. The average Bonchev–Trinajstić information content (AvgIpc) is 2.96. The number of phenols is 1. The van der Waals surface area contributed by atoms with Crippen molar-refractivity contribution >= 4 is 29.8 Å². The van der Waals surface area contributed by atoms with Gasteiger partial charge in [0.25, 0.3) is 0 Å². The number of benzene rings is 3. The number of ether oxygens (including phenoxy) is 9. The van der Waals surface area contributed by atoms with Gasteiger partial charge in [-0.1, -0.05) is 44.2 Å². The first-order chi connectivity index (χ1) is 38.9. The molecule has 8 fully saturated rings. The van der Waals surface area contributed by atoms with E-state index in [1.807, 2.05) is 32.9 Å². The van der Waals surface area contributed by atoms with Gasteiger partial charge in [-0.05, 0) is 81.2 Å². The summed E-state index contributed by atoms with van der Waals surface area (Å²) < 4.78 is 58.4. The molecule has 10 aliphatic rings. The van der Waals surface area contributed by atoms with Crippen LogP contribution in [0.3, 0.4) is 0 Å². The average molecular weight is 1130 g/mol. The van der Waals surface area contributed by atoms with E-state index in [4.69, 9.17) is 48.4 Å². The van der Waals surface area contributed by atoms with Crippen LogP contribution in [0.4, 0.5) is 0 Å². The Morgan fingerprint density at radius 3 is 2.32 bits per heavy atom. The number of unbranched alkanes of at least 4 members (excludes halogenated alkanes) is 1. The van der Waals surface area contributed by atoms with Gasteiger partial charge in [-0.3, -0.25) is 19.1 Å². The number of nitrogens with zero attached hydrogens (tertiary/aromatic N) is 3. The number of esters is 5. The van der Waals surface area contributed by atoms with Crippen LogP contribution in [0.2, 0.25) is 0 Å². The highest BCUT2D eigenvalue weighted by atomic mass is 16.8. The monoisotopic (exact) mass is 1130 g/mol. The lowest BCUT2D eigenvalue weighted by Crippen LogP contribution is -2.76. The van der Waals surface area contributed by atoms with Crippen molar-refractivity contribution in [3.8, 4) is 23.0 Å². The van der Waals surface area contributed by atoms with Crippen molar-refractivity contribution < 1.29 is 87.0 Å². The molecule has 6 N–H and O–H groups in total. The minimum atomic E-state index is -2.19. The summed E-state index contributed by atoms with van der Waals surface area (Å²) in [6.07, 6.45) is -4.93. The Morgan fingerprint density at radius 2 is 1.56 bits per heavy atom. The molecule has 3 aromatic carbocycles. The number of hydrogen-bond acceptors (Lipinski definition) is 21. The first-order valence-corrected chi connectivity index (χ1v) is 28.4. The predicted octanol–water partition coefficient (Wildman–Crippen LogP) is 4.11. The van der Waals surface area contributed by atoms with Crippen LogP contribution in [-0.4, -0.2) is 132 Å². The van der Waals surface area contributed by atoms with Crippen LogP contribution in [0.1, 0.15) is 107 Å². The van der Waals surface area contributed by atoms with Gasteiger partial charge in [-0.25, -0.2) is 9.59 Å². The van der Waals surface area contributed by atoms with Crippen LogP contribution in [0.15, 0.2) is 66.9 Å². The molecule has 2 spiro atoms. The largest absolute Gasteiger partial charge is 0.508 e. The van der Waals surface area contributed by atoms with Gasteiger partial charge in [0.1, 0.15) is 65.8 Å². The van der Waals surface area contributed by atoms with Gasteiger partial charge in [-0.15, -0.1) is 5.10 Å². The fraction of sp³-hybridized carbons (Fsp3) is 0.583. The lowest BCUT2D eigenvalue weighted by Gasteiger charge is -2.67. The van der Waals surface area contributed by atoms with Gasteiger partial charge in [-0.2, -0.15) is 0 Å². The van der Waals surface area contributed by atoms with Crippen LogP contribution in [0, 0.1) is 57.7 Å². The number of aryl methyl sites for hydroxylation is 1. The molecule has 5 aliphatic heterocycles. The van der Waals surface area contributed by atoms with Crippen molar-refractivity contribution in [2.24, 2.45) is 63.4 Å². The topological polar surface area (TPSA) is 313 Å². The third-order valence-electron chi connectivity index (χ3n) is 21.7. The van der Waals surface area contributed by atoms with E-state index in [2.05, 4.69) is 10.3 Å². The lowest BCUT2D eigenvalue weighted by molar-refractivity contribution is -0.284. The molecule has 82 heavy (non-hydrogen) atoms. The zero-order valence-electron chi connectivity index (χ0n) is 46.3. The van der Waals surface area contributed by atoms with Crippen LogP contribution < -0.4 is 15.2 Å². The van der Waals surface area contributed by atoms with Crippen LogP contribution in [0.5, 0.6) is 23.0 Å². The summed E-state index contributed by atoms with van der Waals surface area (Å²) in [6, 6.07) is 16.1. The third kappa shape index (κ3) is 6.86. The third-order valence-corrected chi connectivity index (χ3v) is 21.7. The number of aromatic hydroxyl groups is 1.